The summed E-state index contributed by atoms with van der Waals surface area (Å²) < 4.78 is 4.81. The molecule has 1 atom stereocenters. The summed E-state index contributed by atoms with van der Waals surface area (Å²) in [5.74, 6) is -0.312. The van der Waals surface area contributed by atoms with Crippen LogP contribution in [0.3, 0.4) is 0 Å². The Morgan fingerprint density at radius 2 is 2.40 bits per heavy atom. The van der Waals surface area contributed by atoms with E-state index in [0.717, 1.165) is 25.0 Å². The number of aryl methyl sites for hydroxylation is 1. The van der Waals surface area contributed by atoms with E-state index < -0.39 is 0 Å². The van der Waals surface area contributed by atoms with Crippen LogP contribution in [0.25, 0.3) is 0 Å². The van der Waals surface area contributed by atoms with E-state index in [1.54, 1.807) is 6.20 Å². The monoisotopic (exact) mass is 205 g/mol. The van der Waals surface area contributed by atoms with Crippen molar-refractivity contribution in [1.29, 1.82) is 0 Å². The molecule has 3 nitrogen and oxygen atoms in total. The molecule has 0 fully saturated rings. The highest BCUT2D eigenvalue weighted by Gasteiger charge is 2.29. The summed E-state index contributed by atoms with van der Waals surface area (Å²) in [6, 6.07) is 2.00. The lowest BCUT2D eigenvalue weighted by Gasteiger charge is -2.23. The maximum absolute atomic E-state index is 11.6. The van der Waals surface area contributed by atoms with Gasteiger partial charge in [-0.1, -0.05) is 0 Å². The molecular weight excluding hydrogens is 190 g/mol. The second kappa shape index (κ2) is 4.01. The van der Waals surface area contributed by atoms with Gasteiger partial charge in [0.05, 0.1) is 18.7 Å². The molecule has 80 valence electrons. The van der Waals surface area contributed by atoms with Crippen LogP contribution in [-0.2, 0) is 16.0 Å². The number of rotatable bonds is 1. The van der Waals surface area contributed by atoms with Crippen molar-refractivity contribution in [3.63, 3.8) is 0 Å². The number of aromatic nitrogens is 1. The first-order chi connectivity index (χ1) is 7.24. The molecule has 3 heteroatoms. The van der Waals surface area contributed by atoms with Crippen molar-refractivity contribution in [2.45, 2.75) is 32.1 Å². The van der Waals surface area contributed by atoms with Gasteiger partial charge in [-0.2, -0.15) is 0 Å². The van der Waals surface area contributed by atoms with Gasteiger partial charge < -0.3 is 4.74 Å². The Balaban J connectivity index is 2.42. The second-order valence-corrected chi connectivity index (χ2v) is 3.96. The van der Waals surface area contributed by atoms with Crippen LogP contribution in [0.5, 0.6) is 0 Å². The molecule has 1 unspecified atom stereocenters. The summed E-state index contributed by atoms with van der Waals surface area (Å²) in [6.07, 6.45) is 4.70. The molecular formula is C12H15NO2. The zero-order chi connectivity index (χ0) is 10.8. The van der Waals surface area contributed by atoms with E-state index in [0.29, 0.717) is 0 Å². The number of fused-ring (bicyclic) bond motifs is 1. The van der Waals surface area contributed by atoms with Gasteiger partial charge in [-0.3, -0.25) is 9.78 Å². The molecule has 15 heavy (non-hydrogen) atoms. The summed E-state index contributed by atoms with van der Waals surface area (Å²) in [5, 5.41) is 0. The zero-order valence-electron chi connectivity index (χ0n) is 9.12. The number of hydrogen-bond acceptors (Lipinski definition) is 3. The molecule has 0 radical (unpaired) electrons. The minimum atomic E-state index is -0.158. The van der Waals surface area contributed by atoms with Gasteiger partial charge in [0.2, 0.25) is 0 Å². The third-order valence-electron chi connectivity index (χ3n) is 3.06. The first kappa shape index (κ1) is 10.1. The van der Waals surface area contributed by atoms with Crippen molar-refractivity contribution in [3.8, 4) is 0 Å². The van der Waals surface area contributed by atoms with E-state index in [1.165, 1.54) is 18.2 Å². The van der Waals surface area contributed by atoms with Gasteiger partial charge in [-0.05, 0) is 43.4 Å². The average molecular weight is 205 g/mol. The maximum atomic E-state index is 11.6. The minimum Gasteiger partial charge on any atom is -0.469 e. The average Bonchev–Trinajstić information content (AvgIpc) is 2.28. The fourth-order valence-electron chi connectivity index (χ4n) is 2.23. The fraction of sp³-hybridized carbons (Fsp3) is 0.500. The lowest BCUT2D eigenvalue weighted by molar-refractivity contribution is -0.142. The van der Waals surface area contributed by atoms with Gasteiger partial charge in [0, 0.05) is 6.20 Å². The van der Waals surface area contributed by atoms with E-state index in [1.807, 2.05) is 6.07 Å². The minimum absolute atomic E-state index is 0.154. The molecule has 1 aromatic rings. The van der Waals surface area contributed by atoms with Crippen molar-refractivity contribution in [2.75, 3.05) is 7.11 Å². The summed E-state index contributed by atoms with van der Waals surface area (Å²) in [7, 11) is 1.44. The second-order valence-electron chi connectivity index (χ2n) is 3.96. The van der Waals surface area contributed by atoms with Crippen LogP contribution in [-0.4, -0.2) is 18.1 Å². The van der Waals surface area contributed by atoms with Crippen molar-refractivity contribution in [2.24, 2.45) is 0 Å². The van der Waals surface area contributed by atoms with E-state index in [4.69, 9.17) is 4.74 Å². The van der Waals surface area contributed by atoms with Crippen molar-refractivity contribution in [1.82, 2.24) is 4.98 Å². The van der Waals surface area contributed by atoms with Crippen LogP contribution in [0.2, 0.25) is 0 Å². The summed E-state index contributed by atoms with van der Waals surface area (Å²) >= 11 is 0. The van der Waals surface area contributed by atoms with E-state index in [-0.39, 0.29) is 11.9 Å². The number of carbonyl (C=O) groups is 1. The Morgan fingerprint density at radius 1 is 1.60 bits per heavy atom. The Morgan fingerprint density at radius 3 is 3.13 bits per heavy atom. The van der Waals surface area contributed by atoms with Gasteiger partial charge in [-0.15, -0.1) is 0 Å². The number of carbonyl (C=O) groups excluding carboxylic acids is 1. The quantitative estimate of drug-likeness (QED) is 0.658. The Hall–Kier alpha value is -1.38. The molecule has 1 aliphatic rings. The third-order valence-corrected chi connectivity index (χ3v) is 3.06. The predicted octanol–water partition coefficient (Wildman–Crippen LogP) is 1.98. The fourth-order valence-corrected chi connectivity index (χ4v) is 2.23. The molecule has 0 bridgehead atoms. The topological polar surface area (TPSA) is 39.2 Å². The van der Waals surface area contributed by atoms with Crippen molar-refractivity contribution in [3.05, 3.63) is 29.1 Å². The molecule has 2 rings (SSSR count). The highest BCUT2D eigenvalue weighted by Crippen LogP contribution is 2.32. The van der Waals surface area contributed by atoms with Crippen LogP contribution in [0, 0.1) is 6.92 Å². The van der Waals surface area contributed by atoms with Gasteiger partial charge >= 0.3 is 5.97 Å². The molecule has 0 aromatic carbocycles. The van der Waals surface area contributed by atoms with Gasteiger partial charge in [0.1, 0.15) is 0 Å². The van der Waals surface area contributed by atoms with E-state index >= 15 is 0 Å². The summed E-state index contributed by atoms with van der Waals surface area (Å²) in [4.78, 5) is 15.9. The molecule has 0 aliphatic heterocycles. The third kappa shape index (κ3) is 1.74. The van der Waals surface area contributed by atoms with Crippen molar-refractivity contribution < 1.29 is 9.53 Å². The molecule has 1 aliphatic carbocycles. The highest BCUT2D eigenvalue weighted by molar-refractivity contribution is 5.78. The smallest absolute Gasteiger partial charge is 0.314 e. The lowest BCUT2D eigenvalue weighted by atomic mass is 9.85. The first-order valence-corrected chi connectivity index (χ1v) is 5.26. The molecule has 1 aromatic heterocycles. The highest BCUT2D eigenvalue weighted by atomic mass is 16.5. The predicted molar refractivity (Wildman–Crippen MR) is 56.7 cm³/mol. The SMILES string of the molecule is COC(=O)C1CCCc2c(C)ccnc21. The molecule has 0 saturated heterocycles. The zero-order valence-corrected chi connectivity index (χ0v) is 9.12. The maximum Gasteiger partial charge on any atom is 0.314 e. The van der Waals surface area contributed by atoms with Crippen LogP contribution in [0.4, 0.5) is 0 Å². The van der Waals surface area contributed by atoms with E-state index in [9.17, 15) is 4.79 Å². The Labute approximate surface area is 89.5 Å². The Bertz CT molecular complexity index is 387. The number of nitrogens with zero attached hydrogens (tertiary/aromatic N) is 1. The van der Waals surface area contributed by atoms with Crippen molar-refractivity contribution >= 4 is 5.97 Å². The first-order valence-electron chi connectivity index (χ1n) is 5.26. The van der Waals surface area contributed by atoms with Crippen LogP contribution >= 0.6 is 0 Å². The Kier molecular flexibility index (Phi) is 2.71. The molecule has 0 amide bonds. The molecule has 1 heterocycles. The number of ether oxygens (including phenoxy) is 1. The molecule has 0 N–H and O–H groups in total. The molecule has 0 spiro atoms. The molecule has 0 saturated carbocycles. The number of esters is 1. The number of pyridine rings is 1. The van der Waals surface area contributed by atoms with Gasteiger partial charge in [0.25, 0.3) is 0 Å². The summed E-state index contributed by atoms with van der Waals surface area (Å²) in [6.45, 7) is 2.07. The standard InChI is InChI=1S/C12H15NO2/c1-8-6-7-13-11-9(8)4-3-5-10(11)12(14)15-2/h6-7,10H,3-5H2,1-2H3. The summed E-state index contributed by atoms with van der Waals surface area (Å²) in [5.41, 5.74) is 3.39. The number of hydrogen-bond donors (Lipinski definition) is 0. The van der Waals surface area contributed by atoms with Crippen LogP contribution < -0.4 is 0 Å². The largest absolute Gasteiger partial charge is 0.469 e. The van der Waals surface area contributed by atoms with Crippen LogP contribution in [0.1, 0.15) is 35.6 Å². The lowest BCUT2D eigenvalue weighted by Crippen LogP contribution is -2.21. The van der Waals surface area contributed by atoms with Crippen LogP contribution in [0.15, 0.2) is 12.3 Å². The number of methoxy groups -OCH3 is 1. The van der Waals surface area contributed by atoms with E-state index in [2.05, 4.69) is 11.9 Å². The van der Waals surface area contributed by atoms with Gasteiger partial charge in [0.15, 0.2) is 0 Å². The normalized spacial score (nSPS) is 19.5. The van der Waals surface area contributed by atoms with Gasteiger partial charge in [-0.25, -0.2) is 0 Å².